The Kier molecular flexibility index (Phi) is 4.20. The first-order chi connectivity index (χ1) is 13.7. The number of aromatic nitrogens is 2. The molecule has 0 bridgehead atoms. The number of carbonyl (C=O) groups excluding carboxylic acids is 1. The Balaban J connectivity index is 1.44. The zero-order valence-corrected chi connectivity index (χ0v) is 15.6. The van der Waals surface area contributed by atoms with Crippen LogP contribution >= 0.6 is 0 Å². The predicted octanol–water partition coefficient (Wildman–Crippen LogP) is 2.80. The maximum atomic E-state index is 12.5. The van der Waals surface area contributed by atoms with Gasteiger partial charge in [-0.3, -0.25) is 14.5 Å². The third-order valence-corrected chi connectivity index (χ3v) is 5.81. The molecule has 6 nitrogen and oxygen atoms in total. The van der Waals surface area contributed by atoms with Crippen molar-refractivity contribution in [3.8, 4) is 0 Å². The van der Waals surface area contributed by atoms with Crippen molar-refractivity contribution in [2.45, 2.75) is 31.7 Å². The number of aryl methyl sites for hydroxylation is 1. The van der Waals surface area contributed by atoms with Crippen LogP contribution in [0.1, 0.15) is 35.8 Å². The molecule has 2 aromatic carbocycles. The number of H-pyrrole nitrogens is 1. The third-order valence-electron chi connectivity index (χ3n) is 5.81. The van der Waals surface area contributed by atoms with Crippen LogP contribution in [0.5, 0.6) is 0 Å². The van der Waals surface area contributed by atoms with Crippen LogP contribution in [-0.4, -0.2) is 33.9 Å². The summed E-state index contributed by atoms with van der Waals surface area (Å²) in [7, 11) is 0. The summed E-state index contributed by atoms with van der Waals surface area (Å²) in [6.07, 6.45) is 3.82. The maximum absolute atomic E-state index is 12.5. The monoisotopic (exact) mass is 374 g/mol. The topological polar surface area (TPSA) is 78.1 Å². The number of hydrogen-bond donors (Lipinski definition) is 2. The first kappa shape index (κ1) is 17.1. The second-order valence-electron chi connectivity index (χ2n) is 7.58. The van der Waals surface area contributed by atoms with Gasteiger partial charge >= 0.3 is 0 Å². The van der Waals surface area contributed by atoms with Gasteiger partial charge in [0.1, 0.15) is 5.82 Å². The van der Waals surface area contributed by atoms with Crippen molar-refractivity contribution in [3.63, 3.8) is 0 Å². The van der Waals surface area contributed by atoms with Crippen molar-refractivity contribution in [3.05, 3.63) is 69.8 Å². The van der Waals surface area contributed by atoms with E-state index in [-0.39, 0.29) is 17.5 Å². The van der Waals surface area contributed by atoms with Crippen molar-refractivity contribution in [2.75, 3.05) is 18.4 Å². The van der Waals surface area contributed by atoms with E-state index in [1.807, 2.05) is 30.3 Å². The first-order valence-corrected chi connectivity index (χ1v) is 9.83. The van der Waals surface area contributed by atoms with Crippen LogP contribution in [-0.2, 0) is 17.6 Å². The van der Waals surface area contributed by atoms with E-state index in [1.54, 1.807) is 6.07 Å². The van der Waals surface area contributed by atoms with Crippen molar-refractivity contribution < 1.29 is 4.79 Å². The summed E-state index contributed by atoms with van der Waals surface area (Å²) in [6, 6.07) is 13.8. The van der Waals surface area contributed by atoms with E-state index in [1.165, 1.54) is 11.1 Å². The highest BCUT2D eigenvalue weighted by Gasteiger charge is 2.32. The average Bonchev–Trinajstić information content (AvgIpc) is 2.84. The van der Waals surface area contributed by atoms with Crippen LogP contribution in [0.15, 0.2) is 47.3 Å². The molecule has 0 fully saturated rings. The van der Waals surface area contributed by atoms with Gasteiger partial charge in [-0.25, -0.2) is 4.98 Å². The third kappa shape index (κ3) is 2.99. The van der Waals surface area contributed by atoms with Gasteiger partial charge in [-0.15, -0.1) is 0 Å². The van der Waals surface area contributed by atoms with Crippen molar-refractivity contribution in [2.24, 2.45) is 0 Å². The van der Waals surface area contributed by atoms with Gasteiger partial charge in [0.15, 0.2) is 0 Å². The van der Waals surface area contributed by atoms with E-state index in [0.717, 1.165) is 24.9 Å². The lowest BCUT2D eigenvalue weighted by molar-refractivity contribution is -0.117. The van der Waals surface area contributed by atoms with Crippen LogP contribution in [0.4, 0.5) is 5.69 Å². The molecule has 3 aromatic rings. The van der Waals surface area contributed by atoms with E-state index < -0.39 is 0 Å². The molecule has 2 heterocycles. The maximum Gasteiger partial charge on any atom is 0.258 e. The molecule has 0 saturated carbocycles. The van der Waals surface area contributed by atoms with E-state index in [9.17, 15) is 9.59 Å². The number of hydrogen-bond acceptors (Lipinski definition) is 4. The van der Waals surface area contributed by atoms with E-state index in [4.69, 9.17) is 0 Å². The molecule has 0 saturated heterocycles. The summed E-state index contributed by atoms with van der Waals surface area (Å²) in [6.45, 7) is 1.03. The van der Waals surface area contributed by atoms with Gasteiger partial charge in [0.25, 0.3) is 5.56 Å². The van der Waals surface area contributed by atoms with Crippen LogP contribution in [0.3, 0.4) is 0 Å². The van der Waals surface area contributed by atoms with E-state index in [0.29, 0.717) is 36.2 Å². The van der Waals surface area contributed by atoms with Crippen LogP contribution < -0.4 is 10.9 Å². The number of para-hydroxylation sites is 1. The molecule has 1 aromatic heterocycles. The van der Waals surface area contributed by atoms with Crippen LogP contribution in [0, 0.1) is 0 Å². The number of nitrogens with one attached hydrogen (secondary N) is 2. The molecule has 2 aliphatic rings. The number of amides is 1. The summed E-state index contributed by atoms with van der Waals surface area (Å²) >= 11 is 0. The SMILES string of the molecule is O=C1CN(CCc2nc3ccccc3c(=O)[nH]2)C2CCCc3cccc(c32)N1. The van der Waals surface area contributed by atoms with Crippen LogP contribution in [0.25, 0.3) is 10.9 Å². The molecule has 28 heavy (non-hydrogen) atoms. The Morgan fingerprint density at radius 2 is 2.00 bits per heavy atom. The lowest BCUT2D eigenvalue weighted by Crippen LogP contribution is -2.36. The van der Waals surface area contributed by atoms with Gasteiger partial charge in [-0.2, -0.15) is 0 Å². The number of aromatic amines is 1. The van der Waals surface area contributed by atoms with Crippen LogP contribution in [0.2, 0.25) is 0 Å². The zero-order valence-electron chi connectivity index (χ0n) is 15.6. The molecule has 1 aliphatic heterocycles. The fourth-order valence-electron chi connectivity index (χ4n) is 4.55. The molecule has 6 heteroatoms. The minimum atomic E-state index is -0.112. The smallest absolute Gasteiger partial charge is 0.258 e. The molecule has 5 rings (SSSR count). The highest BCUT2D eigenvalue weighted by Crippen LogP contribution is 2.40. The molecule has 0 radical (unpaired) electrons. The summed E-state index contributed by atoms with van der Waals surface area (Å²) in [5.41, 5.74) is 4.14. The summed E-state index contributed by atoms with van der Waals surface area (Å²) in [5.74, 6) is 0.681. The van der Waals surface area contributed by atoms with Crippen molar-refractivity contribution >= 4 is 22.5 Å². The normalized spacial score (nSPS) is 19.1. The molecule has 1 amide bonds. The molecule has 1 aliphatic carbocycles. The van der Waals surface area contributed by atoms with Gasteiger partial charge < -0.3 is 10.3 Å². The zero-order chi connectivity index (χ0) is 19.1. The highest BCUT2D eigenvalue weighted by molar-refractivity contribution is 5.94. The van der Waals surface area contributed by atoms with Crippen molar-refractivity contribution in [1.29, 1.82) is 0 Å². The van der Waals surface area contributed by atoms with Gasteiger partial charge in [-0.1, -0.05) is 24.3 Å². The standard InChI is InChI=1S/C22H22N4O2/c27-20-13-26(18-10-4-6-14-5-3-9-17(24-20)21(14)18)12-11-19-23-16-8-2-1-7-15(16)22(28)25-19/h1-3,5,7-9,18H,4,6,10-13H2,(H,24,27)(H,23,25,28). The average molecular weight is 374 g/mol. The lowest BCUT2D eigenvalue weighted by Gasteiger charge is -2.34. The second-order valence-corrected chi connectivity index (χ2v) is 7.58. The number of anilines is 1. The highest BCUT2D eigenvalue weighted by atomic mass is 16.2. The molecule has 142 valence electrons. The Morgan fingerprint density at radius 1 is 1.11 bits per heavy atom. The fourth-order valence-corrected chi connectivity index (χ4v) is 4.55. The van der Waals surface area contributed by atoms with Gasteiger partial charge in [0.2, 0.25) is 5.91 Å². The van der Waals surface area contributed by atoms with Gasteiger partial charge in [0, 0.05) is 24.7 Å². The molecule has 0 spiro atoms. The molecule has 2 N–H and O–H groups in total. The van der Waals surface area contributed by atoms with Gasteiger partial charge in [-0.05, 0) is 48.6 Å². The second kappa shape index (κ2) is 6.87. The largest absolute Gasteiger partial charge is 0.325 e. The minimum Gasteiger partial charge on any atom is -0.325 e. The molecular weight excluding hydrogens is 352 g/mol. The quantitative estimate of drug-likeness (QED) is 0.739. The summed E-state index contributed by atoms with van der Waals surface area (Å²) < 4.78 is 0. The van der Waals surface area contributed by atoms with Crippen molar-refractivity contribution in [1.82, 2.24) is 14.9 Å². The Bertz CT molecular complexity index is 1120. The fraction of sp³-hybridized carbons (Fsp3) is 0.318. The minimum absolute atomic E-state index is 0.0164. The summed E-state index contributed by atoms with van der Waals surface area (Å²) in [4.78, 5) is 34.5. The number of benzene rings is 2. The number of fused-ring (bicyclic) bond motifs is 1. The Labute approximate surface area is 162 Å². The van der Waals surface area contributed by atoms with E-state index in [2.05, 4.69) is 26.3 Å². The van der Waals surface area contributed by atoms with E-state index >= 15 is 0 Å². The summed E-state index contributed by atoms with van der Waals surface area (Å²) in [5, 5.41) is 3.67. The molecule has 1 unspecified atom stereocenters. The molecular formula is C22H22N4O2. The first-order valence-electron chi connectivity index (χ1n) is 9.83. The number of carbonyl (C=O) groups is 1. The molecule has 1 atom stereocenters. The number of rotatable bonds is 3. The Morgan fingerprint density at radius 3 is 2.93 bits per heavy atom. The number of nitrogens with zero attached hydrogens (tertiary/aromatic N) is 2. The lowest BCUT2D eigenvalue weighted by atomic mass is 9.85. The van der Waals surface area contributed by atoms with Gasteiger partial charge in [0.05, 0.1) is 17.4 Å². The Hall–Kier alpha value is -2.99. The predicted molar refractivity (Wildman–Crippen MR) is 108 cm³/mol.